The van der Waals surface area contributed by atoms with Gasteiger partial charge in [-0.1, -0.05) is 19.4 Å². The average molecular weight is 273 g/mol. The van der Waals surface area contributed by atoms with Gasteiger partial charge < -0.3 is 9.64 Å². The van der Waals surface area contributed by atoms with Crippen LogP contribution >= 0.6 is 0 Å². The number of aryl methyl sites for hydroxylation is 1. The molecule has 1 fully saturated rings. The third-order valence-corrected chi connectivity index (χ3v) is 5.18. The Balaban J connectivity index is 2.02. The van der Waals surface area contributed by atoms with E-state index in [4.69, 9.17) is 4.74 Å². The molecule has 1 aliphatic carbocycles. The Labute approximate surface area is 123 Å². The lowest BCUT2D eigenvalue weighted by molar-refractivity contribution is 0.378. The lowest BCUT2D eigenvalue weighted by Gasteiger charge is -2.31. The first-order chi connectivity index (χ1) is 9.74. The molecule has 0 radical (unpaired) electrons. The summed E-state index contributed by atoms with van der Waals surface area (Å²) in [6.45, 7) is 4.78. The van der Waals surface area contributed by atoms with Crippen molar-refractivity contribution in [2.24, 2.45) is 5.92 Å². The van der Waals surface area contributed by atoms with Gasteiger partial charge in [0.15, 0.2) is 0 Å². The number of likely N-dealkylation sites (tertiary alicyclic amines) is 1. The summed E-state index contributed by atoms with van der Waals surface area (Å²) in [5.41, 5.74) is 4.75. The third kappa shape index (κ3) is 2.35. The van der Waals surface area contributed by atoms with Crippen molar-refractivity contribution in [3.63, 3.8) is 0 Å². The fourth-order valence-electron chi connectivity index (χ4n) is 4.23. The van der Waals surface area contributed by atoms with Gasteiger partial charge in [-0.3, -0.25) is 0 Å². The van der Waals surface area contributed by atoms with Gasteiger partial charge in [-0.25, -0.2) is 0 Å². The van der Waals surface area contributed by atoms with E-state index >= 15 is 0 Å². The van der Waals surface area contributed by atoms with Gasteiger partial charge in [0.2, 0.25) is 0 Å². The van der Waals surface area contributed by atoms with E-state index in [-0.39, 0.29) is 0 Å². The maximum Gasteiger partial charge on any atom is 0.122 e. The fraction of sp³-hybridized carbons (Fsp3) is 0.667. The number of methoxy groups -OCH3 is 1. The molecular weight excluding hydrogens is 246 g/mol. The molecule has 0 spiro atoms. The summed E-state index contributed by atoms with van der Waals surface area (Å²) in [5, 5.41) is 0. The maximum absolute atomic E-state index is 5.63. The van der Waals surface area contributed by atoms with Gasteiger partial charge in [0, 0.05) is 19.0 Å². The Bertz CT molecular complexity index is 483. The van der Waals surface area contributed by atoms with Crippen LogP contribution in [0.2, 0.25) is 0 Å². The molecule has 0 bridgehead atoms. The Morgan fingerprint density at radius 1 is 1.30 bits per heavy atom. The highest BCUT2D eigenvalue weighted by atomic mass is 16.5. The number of likely N-dealkylation sites (N-methyl/N-ethyl adjacent to an activating group) is 1. The molecule has 2 nitrogen and oxygen atoms in total. The number of benzene rings is 1. The van der Waals surface area contributed by atoms with E-state index in [1.165, 1.54) is 50.8 Å². The van der Waals surface area contributed by atoms with Crippen molar-refractivity contribution >= 4 is 0 Å². The van der Waals surface area contributed by atoms with Gasteiger partial charge in [0.05, 0.1) is 7.11 Å². The van der Waals surface area contributed by atoms with E-state index < -0.39 is 0 Å². The van der Waals surface area contributed by atoms with E-state index in [0.717, 1.165) is 17.6 Å². The van der Waals surface area contributed by atoms with E-state index in [9.17, 15) is 0 Å². The minimum absolute atomic E-state index is 0.741. The van der Waals surface area contributed by atoms with Crippen molar-refractivity contribution in [3.05, 3.63) is 28.8 Å². The number of nitrogens with zero attached hydrogens (tertiary/aromatic N) is 1. The Morgan fingerprint density at radius 2 is 2.15 bits per heavy atom. The predicted molar refractivity (Wildman–Crippen MR) is 83.7 cm³/mol. The Kier molecular flexibility index (Phi) is 4.02. The second-order valence-corrected chi connectivity index (χ2v) is 6.55. The van der Waals surface area contributed by atoms with Gasteiger partial charge in [-0.15, -0.1) is 0 Å². The van der Waals surface area contributed by atoms with Crippen molar-refractivity contribution in [1.29, 1.82) is 0 Å². The van der Waals surface area contributed by atoms with Gasteiger partial charge in [-0.05, 0) is 61.4 Å². The quantitative estimate of drug-likeness (QED) is 0.830. The number of ether oxygens (including phenoxy) is 1. The van der Waals surface area contributed by atoms with E-state index in [1.807, 2.05) is 7.11 Å². The molecule has 0 N–H and O–H groups in total. The van der Waals surface area contributed by atoms with Crippen LogP contribution in [-0.2, 0) is 12.8 Å². The molecule has 1 aromatic carbocycles. The molecule has 110 valence electrons. The predicted octanol–water partition coefficient (Wildman–Crippen LogP) is 3.63. The van der Waals surface area contributed by atoms with Crippen molar-refractivity contribution in [2.75, 3.05) is 27.2 Å². The van der Waals surface area contributed by atoms with Crippen LogP contribution < -0.4 is 4.74 Å². The normalized spacial score (nSPS) is 25.4. The van der Waals surface area contributed by atoms with Crippen molar-refractivity contribution in [1.82, 2.24) is 4.90 Å². The first-order valence-electron chi connectivity index (χ1n) is 8.11. The van der Waals surface area contributed by atoms with Crippen molar-refractivity contribution in [2.45, 2.75) is 44.9 Å². The minimum Gasteiger partial charge on any atom is -0.496 e. The molecule has 1 heterocycles. The number of hydrogen-bond donors (Lipinski definition) is 0. The number of fused-ring (bicyclic) bond motifs is 3. The highest BCUT2D eigenvalue weighted by molar-refractivity contribution is 5.49. The molecule has 2 aliphatic rings. The summed E-state index contributed by atoms with van der Waals surface area (Å²) in [5.74, 6) is 2.72. The molecule has 1 aromatic rings. The third-order valence-electron chi connectivity index (χ3n) is 5.18. The van der Waals surface area contributed by atoms with Crippen LogP contribution in [0.25, 0.3) is 0 Å². The van der Waals surface area contributed by atoms with Crippen LogP contribution in [0, 0.1) is 5.92 Å². The average Bonchev–Trinajstić information content (AvgIpc) is 2.84. The SMILES string of the molecule is CCCCc1ccc(OC)c2c1[C@@H]1CN(C)C[C@@H]1CC2. The van der Waals surface area contributed by atoms with Gasteiger partial charge in [0.25, 0.3) is 0 Å². The summed E-state index contributed by atoms with van der Waals surface area (Å²) < 4.78 is 5.63. The topological polar surface area (TPSA) is 12.5 Å². The summed E-state index contributed by atoms with van der Waals surface area (Å²) in [6, 6.07) is 4.52. The molecule has 0 aromatic heterocycles. The van der Waals surface area contributed by atoms with E-state index in [1.54, 1.807) is 11.1 Å². The Morgan fingerprint density at radius 3 is 2.90 bits per heavy atom. The number of rotatable bonds is 4. The van der Waals surface area contributed by atoms with Crippen LogP contribution in [0.5, 0.6) is 5.75 Å². The van der Waals surface area contributed by atoms with Gasteiger partial charge in [0.1, 0.15) is 5.75 Å². The monoisotopic (exact) mass is 273 g/mol. The standard InChI is InChI=1S/C18H27NO/c1-4-5-6-13-8-10-17(20-3)15-9-7-14-11-19(2)12-16(14)18(13)15/h8,10,14,16H,4-7,9,11-12H2,1-3H3/t14-,16+/m0/s1. The zero-order valence-electron chi connectivity index (χ0n) is 13.1. The van der Waals surface area contributed by atoms with E-state index in [2.05, 4.69) is 31.0 Å². The van der Waals surface area contributed by atoms with Crippen LogP contribution in [0.1, 0.15) is 48.8 Å². The first kappa shape index (κ1) is 13.9. The van der Waals surface area contributed by atoms with Gasteiger partial charge >= 0.3 is 0 Å². The number of unbranched alkanes of at least 4 members (excludes halogenated alkanes) is 1. The Hall–Kier alpha value is -1.02. The van der Waals surface area contributed by atoms with Crippen LogP contribution in [0.4, 0.5) is 0 Å². The summed E-state index contributed by atoms with van der Waals surface area (Å²) in [7, 11) is 4.08. The molecule has 3 rings (SSSR count). The van der Waals surface area contributed by atoms with Crippen LogP contribution in [0.15, 0.2) is 12.1 Å². The zero-order chi connectivity index (χ0) is 14.1. The van der Waals surface area contributed by atoms with Gasteiger partial charge in [-0.2, -0.15) is 0 Å². The summed E-state index contributed by atoms with van der Waals surface area (Å²) in [6.07, 6.45) is 6.33. The molecule has 0 amide bonds. The molecule has 2 heteroatoms. The first-order valence-corrected chi connectivity index (χ1v) is 8.11. The van der Waals surface area contributed by atoms with Crippen molar-refractivity contribution < 1.29 is 4.74 Å². The molecule has 20 heavy (non-hydrogen) atoms. The highest BCUT2D eigenvalue weighted by Crippen LogP contribution is 2.45. The molecule has 2 atom stereocenters. The molecule has 0 saturated carbocycles. The van der Waals surface area contributed by atoms with E-state index in [0.29, 0.717) is 0 Å². The number of hydrogen-bond acceptors (Lipinski definition) is 2. The molecular formula is C18H27NO. The lowest BCUT2D eigenvalue weighted by atomic mass is 9.74. The lowest BCUT2D eigenvalue weighted by Crippen LogP contribution is -2.21. The molecule has 1 aliphatic heterocycles. The maximum atomic E-state index is 5.63. The van der Waals surface area contributed by atoms with Crippen LogP contribution in [0.3, 0.4) is 0 Å². The minimum atomic E-state index is 0.741. The molecule has 0 unspecified atom stereocenters. The van der Waals surface area contributed by atoms with Crippen LogP contribution in [-0.4, -0.2) is 32.1 Å². The van der Waals surface area contributed by atoms with Crippen molar-refractivity contribution in [3.8, 4) is 5.75 Å². The summed E-state index contributed by atoms with van der Waals surface area (Å²) in [4.78, 5) is 2.51. The highest BCUT2D eigenvalue weighted by Gasteiger charge is 2.38. The molecule has 1 saturated heterocycles. The zero-order valence-corrected chi connectivity index (χ0v) is 13.1. The largest absolute Gasteiger partial charge is 0.496 e. The second kappa shape index (κ2) is 5.77. The fourth-order valence-corrected chi connectivity index (χ4v) is 4.23. The smallest absolute Gasteiger partial charge is 0.122 e. The summed E-state index contributed by atoms with van der Waals surface area (Å²) >= 11 is 0. The second-order valence-electron chi connectivity index (χ2n) is 6.55.